The zero-order valence-corrected chi connectivity index (χ0v) is 15.9. The Morgan fingerprint density at radius 2 is 2.08 bits per heavy atom. The van der Waals surface area contributed by atoms with Gasteiger partial charge >= 0.3 is 0 Å². The molecule has 1 unspecified atom stereocenters. The smallest absolute Gasteiger partial charge is 0.238 e. The number of para-hydroxylation sites is 1. The summed E-state index contributed by atoms with van der Waals surface area (Å²) in [6.45, 7) is 2.38. The molecule has 0 saturated carbocycles. The van der Waals surface area contributed by atoms with Crippen molar-refractivity contribution < 1.29 is 4.79 Å². The number of amides is 1. The fourth-order valence-electron chi connectivity index (χ4n) is 2.39. The highest BCUT2D eigenvalue weighted by Gasteiger charge is 2.18. The number of nitrogens with one attached hydrogen (secondary N) is 1. The molecule has 0 aliphatic rings. The largest absolute Gasteiger partial charge is 0.325 e. The Hall–Kier alpha value is -1.76. The summed E-state index contributed by atoms with van der Waals surface area (Å²) in [5, 5.41) is 3.94. The van der Waals surface area contributed by atoms with Crippen LogP contribution in [0, 0.1) is 0 Å². The Balaban J connectivity index is 1.65. The molecule has 3 aromatic rings. The predicted octanol–water partition coefficient (Wildman–Crippen LogP) is 4.69. The normalized spacial score (nSPS) is 12.5. The molecular weight excluding hydrogens is 386 g/mol. The quantitative estimate of drug-likeness (QED) is 0.671. The molecule has 4 nitrogen and oxygen atoms in total. The fraction of sp³-hybridized carbons (Fsp3) is 0.222. The number of fused-ring (bicyclic) bond motifs is 1. The second kappa shape index (κ2) is 7.42. The molecule has 1 amide bonds. The maximum absolute atomic E-state index is 12.3. The molecule has 1 heterocycles. The van der Waals surface area contributed by atoms with Gasteiger partial charge in [-0.25, -0.2) is 4.98 Å². The van der Waals surface area contributed by atoms with Crippen molar-refractivity contribution in [3.05, 3.63) is 58.0 Å². The maximum Gasteiger partial charge on any atom is 0.238 e. The standard InChI is InChI=1S/C18H18BrN3OS/c1-12(18-21-15-8-3-4-9-16(15)24-18)22(2)11-17(23)20-14-7-5-6-13(19)10-14/h3-10,12H,11H2,1-2H3,(H,20,23). The minimum atomic E-state index is -0.0384. The van der Waals surface area contributed by atoms with E-state index in [-0.39, 0.29) is 11.9 Å². The minimum Gasteiger partial charge on any atom is -0.325 e. The topological polar surface area (TPSA) is 45.2 Å². The van der Waals surface area contributed by atoms with Gasteiger partial charge in [0.15, 0.2) is 0 Å². The van der Waals surface area contributed by atoms with Gasteiger partial charge in [0.05, 0.1) is 22.8 Å². The average molecular weight is 404 g/mol. The van der Waals surface area contributed by atoms with E-state index in [4.69, 9.17) is 0 Å². The molecule has 0 spiro atoms. The summed E-state index contributed by atoms with van der Waals surface area (Å²) in [6, 6.07) is 15.8. The third-order valence-electron chi connectivity index (χ3n) is 3.83. The molecule has 124 valence electrons. The average Bonchev–Trinajstić information content (AvgIpc) is 2.97. The van der Waals surface area contributed by atoms with Crippen molar-refractivity contribution in [2.75, 3.05) is 18.9 Å². The summed E-state index contributed by atoms with van der Waals surface area (Å²) in [7, 11) is 1.94. The molecule has 0 saturated heterocycles. The van der Waals surface area contributed by atoms with Gasteiger partial charge in [-0.3, -0.25) is 9.69 Å². The van der Waals surface area contributed by atoms with Gasteiger partial charge in [0.1, 0.15) is 5.01 Å². The van der Waals surface area contributed by atoms with Crippen molar-refractivity contribution in [2.45, 2.75) is 13.0 Å². The van der Waals surface area contributed by atoms with E-state index in [9.17, 15) is 4.79 Å². The number of benzene rings is 2. The van der Waals surface area contributed by atoms with Crippen LogP contribution >= 0.6 is 27.3 Å². The SMILES string of the molecule is CC(c1nc2ccccc2s1)N(C)CC(=O)Nc1cccc(Br)c1. The van der Waals surface area contributed by atoms with Crippen molar-refractivity contribution in [3.63, 3.8) is 0 Å². The molecule has 3 rings (SSSR count). The number of rotatable bonds is 5. The van der Waals surface area contributed by atoms with Gasteiger partial charge in [0, 0.05) is 10.2 Å². The number of thiazole rings is 1. The van der Waals surface area contributed by atoms with Crippen LogP contribution in [0.5, 0.6) is 0 Å². The van der Waals surface area contributed by atoms with Gasteiger partial charge in [-0.15, -0.1) is 11.3 Å². The molecule has 0 aliphatic heterocycles. The molecule has 0 radical (unpaired) electrons. The highest BCUT2D eigenvalue weighted by atomic mass is 79.9. The van der Waals surface area contributed by atoms with E-state index >= 15 is 0 Å². The lowest BCUT2D eigenvalue weighted by Crippen LogP contribution is -2.32. The zero-order valence-electron chi connectivity index (χ0n) is 13.5. The Labute approximate surface area is 153 Å². The molecule has 24 heavy (non-hydrogen) atoms. The minimum absolute atomic E-state index is 0.0384. The first kappa shape index (κ1) is 17.1. The summed E-state index contributed by atoms with van der Waals surface area (Å²) >= 11 is 5.08. The van der Waals surface area contributed by atoms with Gasteiger partial charge in [0.25, 0.3) is 0 Å². The van der Waals surface area contributed by atoms with E-state index < -0.39 is 0 Å². The number of carbonyl (C=O) groups is 1. The first-order valence-corrected chi connectivity index (χ1v) is 9.25. The van der Waals surface area contributed by atoms with Crippen molar-refractivity contribution in [1.82, 2.24) is 9.88 Å². The highest BCUT2D eigenvalue weighted by Crippen LogP contribution is 2.28. The van der Waals surface area contributed by atoms with Crippen LogP contribution < -0.4 is 5.32 Å². The molecule has 0 fully saturated rings. The highest BCUT2D eigenvalue weighted by molar-refractivity contribution is 9.10. The number of carbonyl (C=O) groups excluding carboxylic acids is 1. The summed E-state index contributed by atoms with van der Waals surface area (Å²) < 4.78 is 2.11. The van der Waals surface area contributed by atoms with Gasteiger partial charge in [-0.2, -0.15) is 0 Å². The second-order valence-electron chi connectivity index (χ2n) is 5.67. The maximum atomic E-state index is 12.3. The third-order valence-corrected chi connectivity index (χ3v) is 5.53. The number of likely N-dealkylation sites (N-methyl/N-ethyl adjacent to an activating group) is 1. The zero-order chi connectivity index (χ0) is 17.1. The molecular formula is C18H18BrN3OS. The van der Waals surface area contributed by atoms with E-state index in [2.05, 4.69) is 39.2 Å². The van der Waals surface area contributed by atoms with Gasteiger partial charge in [-0.05, 0) is 44.3 Å². The van der Waals surface area contributed by atoms with Crippen molar-refractivity contribution >= 4 is 49.1 Å². The monoisotopic (exact) mass is 403 g/mol. The van der Waals surface area contributed by atoms with Crippen LogP contribution in [-0.2, 0) is 4.79 Å². The molecule has 1 aromatic heterocycles. The van der Waals surface area contributed by atoms with Crippen molar-refractivity contribution in [2.24, 2.45) is 0 Å². The van der Waals surface area contributed by atoms with Crippen LogP contribution in [0.1, 0.15) is 18.0 Å². The van der Waals surface area contributed by atoms with E-state index in [1.807, 2.05) is 54.4 Å². The summed E-state index contributed by atoms with van der Waals surface area (Å²) in [6.07, 6.45) is 0. The van der Waals surface area contributed by atoms with Crippen molar-refractivity contribution in [1.29, 1.82) is 0 Å². The van der Waals surface area contributed by atoms with Crippen LogP contribution in [0.25, 0.3) is 10.2 Å². The number of nitrogens with zero attached hydrogens (tertiary/aromatic N) is 2. The molecule has 1 N–H and O–H groups in total. The summed E-state index contributed by atoms with van der Waals surface area (Å²) in [4.78, 5) is 18.9. The van der Waals surface area contributed by atoms with E-state index in [1.54, 1.807) is 11.3 Å². The molecule has 1 atom stereocenters. The second-order valence-corrected chi connectivity index (χ2v) is 7.65. The molecule has 2 aromatic carbocycles. The van der Waals surface area contributed by atoms with Gasteiger partial charge in [0.2, 0.25) is 5.91 Å². The lowest BCUT2D eigenvalue weighted by molar-refractivity contribution is -0.117. The predicted molar refractivity (Wildman–Crippen MR) is 103 cm³/mol. The van der Waals surface area contributed by atoms with Gasteiger partial charge < -0.3 is 5.32 Å². The van der Waals surface area contributed by atoms with Gasteiger partial charge in [-0.1, -0.05) is 34.1 Å². The Morgan fingerprint density at radius 3 is 2.83 bits per heavy atom. The lowest BCUT2D eigenvalue weighted by atomic mass is 10.3. The van der Waals surface area contributed by atoms with Crippen molar-refractivity contribution in [3.8, 4) is 0 Å². The lowest BCUT2D eigenvalue weighted by Gasteiger charge is -2.22. The van der Waals surface area contributed by atoms with E-state index in [0.717, 1.165) is 20.7 Å². The third kappa shape index (κ3) is 4.01. The number of aromatic nitrogens is 1. The van der Waals surface area contributed by atoms with Crippen LogP contribution in [0.2, 0.25) is 0 Å². The number of hydrogen-bond acceptors (Lipinski definition) is 4. The van der Waals surface area contributed by atoms with Crippen LogP contribution in [0.15, 0.2) is 53.0 Å². The Kier molecular flexibility index (Phi) is 5.28. The molecule has 0 aliphatic carbocycles. The number of anilines is 1. The first-order chi connectivity index (χ1) is 11.5. The van der Waals surface area contributed by atoms with Crippen LogP contribution in [-0.4, -0.2) is 29.4 Å². The van der Waals surface area contributed by atoms with E-state index in [1.165, 1.54) is 4.70 Å². The van der Waals surface area contributed by atoms with E-state index in [0.29, 0.717) is 6.54 Å². The number of hydrogen-bond donors (Lipinski definition) is 1. The molecule has 0 bridgehead atoms. The van der Waals surface area contributed by atoms with Crippen LogP contribution in [0.4, 0.5) is 5.69 Å². The Morgan fingerprint density at radius 1 is 1.29 bits per heavy atom. The summed E-state index contributed by atoms with van der Waals surface area (Å²) in [5.74, 6) is -0.0384. The number of halogens is 1. The van der Waals surface area contributed by atoms with Crippen LogP contribution in [0.3, 0.4) is 0 Å². The first-order valence-electron chi connectivity index (χ1n) is 7.64. The Bertz CT molecular complexity index is 831. The fourth-order valence-corrected chi connectivity index (χ4v) is 3.87. The molecule has 6 heteroatoms. The summed E-state index contributed by atoms with van der Waals surface area (Å²) in [5.41, 5.74) is 1.80.